The summed E-state index contributed by atoms with van der Waals surface area (Å²) in [6.45, 7) is 8.54. The lowest BCUT2D eigenvalue weighted by atomic mass is 10.1. The molecule has 0 bridgehead atoms. The third kappa shape index (κ3) is 5.20. The maximum absolute atomic E-state index is 12.6. The number of thioether (sulfide) groups is 1. The molecule has 0 aliphatic heterocycles. The molecule has 2 aromatic heterocycles. The normalized spacial score (nSPS) is 10.9. The lowest BCUT2D eigenvalue weighted by Gasteiger charge is -2.10. The lowest BCUT2D eigenvalue weighted by Crippen LogP contribution is -2.16. The number of ether oxygens (including phenoxy) is 2. The van der Waals surface area contributed by atoms with Crippen LogP contribution in [0.15, 0.2) is 5.16 Å². The topological polar surface area (TPSA) is 112 Å². The van der Waals surface area contributed by atoms with E-state index in [-0.39, 0.29) is 33.0 Å². The van der Waals surface area contributed by atoms with Crippen molar-refractivity contribution in [3.05, 3.63) is 21.8 Å². The van der Waals surface area contributed by atoms with Crippen LogP contribution in [-0.2, 0) is 20.8 Å². The third-order valence-electron chi connectivity index (χ3n) is 4.20. The first-order valence-corrected chi connectivity index (χ1v) is 11.2. The first kappa shape index (κ1) is 23.9. The van der Waals surface area contributed by atoms with Crippen molar-refractivity contribution < 1.29 is 23.9 Å². The summed E-state index contributed by atoms with van der Waals surface area (Å²) in [5.41, 5.74) is 0.559. The molecule has 2 rings (SSSR count). The van der Waals surface area contributed by atoms with Gasteiger partial charge in [-0.3, -0.25) is 4.79 Å². The van der Waals surface area contributed by atoms with Gasteiger partial charge in [-0.05, 0) is 18.9 Å². The SMILES string of the molecule is CCCn1c(SCC(=O)Nc2sc(C(=O)OC)c(C)c2C(=O)OC)nnc1C(C)C. The molecule has 1 amide bonds. The van der Waals surface area contributed by atoms with Crippen molar-refractivity contribution in [3.8, 4) is 0 Å². The molecule has 0 aliphatic carbocycles. The average molecular weight is 455 g/mol. The Kier molecular flexibility index (Phi) is 8.42. The standard InChI is InChI=1S/C19H26N4O5S2/c1-7-8-23-15(10(2)3)21-22-19(23)29-9-12(24)20-16-13(17(25)27-5)11(4)14(30-16)18(26)28-6/h10H,7-9H2,1-6H3,(H,20,24). The summed E-state index contributed by atoms with van der Waals surface area (Å²) in [7, 11) is 2.50. The smallest absolute Gasteiger partial charge is 0.348 e. The van der Waals surface area contributed by atoms with Gasteiger partial charge in [-0.25, -0.2) is 9.59 Å². The molecular formula is C19H26N4O5S2. The fourth-order valence-electron chi connectivity index (χ4n) is 2.80. The number of hydrogen-bond donors (Lipinski definition) is 1. The first-order valence-electron chi connectivity index (χ1n) is 9.40. The number of amides is 1. The largest absolute Gasteiger partial charge is 0.465 e. The molecule has 1 N–H and O–H groups in total. The Morgan fingerprint density at radius 1 is 1.17 bits per heavy atom. The van der Waals surface area contributed by atoms with Gasteiger partial charge in [-0.15, -0.1) is 21.5 Å². The minimum atomic E-state index is -0.633. The predicted molar refractivity (Wildman–Crippen MR) is 115 cm³/mol. The summed E-state index contributed by atoms with van der Waals surface area (Å²) in [6.07, 6.45) is 0.921. The Morgan fingerprint density at radius 2 is 1.83 bits per heavy atom. The van der Waals surface area contributed by atoms with Crippen LogP contribution in [-0.4, -0.2) is 52.6 Å². The number of carbonyl (C=O) groups is 3. The quantitative estimate of drug-likeness (QED) is 0.453. The van der Waals surface area contributed by atoms with Crippen molar-refractivity contribution in [1.82, 2.24) is 14.8 Å². The summed E-state index contributed by atoms with van der Waals surface area (Å²) >= 11 is 2.25. The number of hydrogen-bond acceptors (Lipinski definition) is 9. The van der Waals surface area contributed by atoms with E-state index in [2.05, 4.69) is 22.4 Å². The second kappa shape index (κ2) is 10.6. The zero-order valence-corrected chi connectivity index (χ0v) is 19.5. The second-order valence-corrected chi connectivity index (χ2v) is 8.69. The minimum Gasteiger partial charge on any atom is -0.465 e. The van der Waals surface area contributed by atoms with Crippen LogP contribution in [0.4, 0.5) is 5.00 Å². The summed E-state index contributed by atoms with van der Waals surface area (Å²) in [5.74, 6) is -0.368. The van der Waals surface area contributed by atoms with Crippen LogP contribution < -0.4 is 5.32 Å². The molecule has 0 atom stereocenters. The van der Waals surface area contributed by atoms with Crippen molar-refractivity contribution in [2.75, 3.05) is 25.3 Å². The fraction of sp³-hybridized carbons (Fsp3) is 0.526. The third-order valence-corrected chi connectivity index (χ3v) is 6.36. The summed E-state index contributed by atoms with van der Waals surface area (Å²) in [4.78, 5) is 37.0. The second-order valence-electron chi connectivity index (χ2n) is 6.73. The molecule has 2 heterocycles. The van der Waals surface area contributed by atoms with Gasteiger partial charge in [0.1, 0.15) is 15.7 Å². The van der Waals surface area contributed by atoms with E-state index < -0.39 is 11.9 Å². The van der Waals surface area contributed by atoms with Gasteiger partial charge in [0.2, 0.25) is 5.91 Å². The maximum atomic E-state index is 12.6. The number of thiophene rings is 1. The highest BCUT2D eigenvalue weighted by Crippen LogP contribution is 2.34. The van der Waals surface area contributed by atoms with Gasteiger partial charge in [-0.2, -0.15) is 0 Å². The van der Waals surface area contributed by atoms with Crippen LogP contribution in [0.25, 0.3) is 0 Å². The van der Waals surface area contributed by atoms with Crippen molar-refractivity contribution in [3.63, 3.8) is 0 Å². The number of nitrogens with one attached hydrogen (secondary N) is 1. The number of carbonyl (C=O) groups excluding carboxylic acids is 3. The van der Waals surface area contributed by atoms with E-state index in [4.69, 9.17) is 9.47 Å². The van der Waals surface area contributed by atoms with Crippen LogP contribution in [0.2, 0.25) is 0 Å². The molecule has 9 nitrogen and oxygen atoms in total. The molecule has 0 spiro atoms. The molecule has 164 valence electrons. The van der Waals surface area contributed by atoms with Crippen LogP contribution in [0, 0.1) is 6.92 Å². The van der Waals surface area contributed by atoms with E-state index >= 15 is 0 Å². The molecule has 0 radical (unpaired) electrons. The molecule has 0 aliphatic rings. The monoisotopic (exact) mass is 454 g/mol. The first-order chi connectivity index (χ1) is 14.2. The molecule has 30 heavy (non-hydrogen) atoms. The predicted octanol–water partition coefficient (Wildman–Crippen LogP) is 3.49. The highest BCUT2D eigenvalue weighted by atomic mass is 32.2. The van der Waals surface area contributed by atoms with Gasteiger partial charge in [0.25, 0.3) is 0 Å². The van der Waals surface area contributed by atoms with Gasteiger partial charge in [0.05, 0.1) is 25.5 Å². The number of aromatic nitrogens is 3. The molecule has 0 saturated heterocycles. The van der Waals surface area contributed by atoms with E-state index in [1.54, 1.807) is 6.92 Å². The zero-order chi connectivity index (χ0) is 22.4. The molecule has 0 fully saturated rings. The Balaban J connectivity index is 2.19. The Labute approximate surface area is 183 Å². The van der Waals surface area contributed by atoms with Gasteiger partial charge in [0, 0.05) is 12.5 Å². The number of methoxy groups -OCH3 is 2. The molecule has 0 saturated carbocycles. The molecule has 11 heteroatoms. The number of anilines is 1. The molecule has 0 unspecified atom stereocenters. The van der Waals surface area contributed by atoms with E-state index in [1.165, 1.54) is 26.0 Å². The van der Waals surface area contributed by atoms with Crippen LogP contribution >= 0.6 is 23.1 Å². The van der Waals surface area contributed by atoms with Crippen LogP contribution in [0.1, 0.15) is 64.5 Å². The van der Waals surface area contributed by atoms with E-state index in [0.29, 0.717) is 10.7 Å². The molecular weight excluding hydrogens is 428 g/mol. The summed E-state index contributed by atoms with van der Waals surface area (Å²) < 4.78 is 11.6. The Morgan fingerprint density at radius 3 is 2.40 bits per heavy atom. The van der Waals surface area contributed by atoms with Gasteiger partial charge in [-0.1, -0.05) is 32.5 Å². The van der Waals surface area contributed by atoms with E-state index in [0.717, 1.165) is 30.1 Å². The minimum absolute atomic E-state index is 0.0745. The maximum Gasteiger partial charge on any atom is 0.348 e. The zero-order valence-electron chi connectivity index (χ0n) is 17.9. The number of nitrogens with zero attached hydrogens (tertiary/aromatic N) is 3. The highest BCUT2D eigenvalue weighted by Gasteiger charge is 2.27. The van der Waals surface area contributed by atoms with Crippen LogP contribution in [0.5, 0.6) is 0 Å². The average Bonchev–Trinajstić information content (AvgIpc) is 3.26. The van der Waals surface area contributed by atoms with Crippen molar-refractivity contribution in [2.24, 2.45) is 0 Å². The Bertz CT molecular complexity index is 936. The van der Waals surface area contributed by atoms with Gasteiger partial charge in [0.15, 0.2) is 5.16 Å². The summed E-state index contributed by atoms with van der Waals surface area (Å²) in [5, 5.41) is 12.1. The van der Waals surface area contributed by atoms with Crippen molar-refractivity contribution in [1.29, 1.82) is 0 Å². The van der Waals surface area contributed by atoms with Gasteiger partial charge >= 0.3 is 11.9 Å². The fourth-order valence-corrected chi connectivity index (χ4v) is 4.70. The van der Waals surface area contributed by atoms with Gasteiger partial charge < -0.3 is 19.4 Å². The van der Waals surface area contributed by atoms with Crippen LogP contribution in [0.3, 0.4) is 0 Å². The highest BCUT2D eigenvalue weighted by molar-refractivity contribution is 7.99. The van der Waals surface area contributed by atoms with Crippen molar-refractivity contribution >= 4 is 45.9 Å². The number of esters is 2. The lowest BCUT2D eigenvalue weighted by molar-refractivity contribution is -0.113. The van der Waals surface area contributed by atoms with Crippen molar-refractivity contribution in [2.45, 2.75) is 51.7 Å². The Hall–Kier alpha value is -2.40. The van der Waals surface area contributed by atoms with E-state index in [1.807, 2.05) is 18.4 Å². The summed E-state index contributed by atoms with van der Waals surface area (Å²) in [6, 6.07) is 0. The molecule has 2 aromatic rings. The van der Waals surface area contributed by atoms with E-state index in [9.17, 15) is 14.4 Å². The number of rotatable bonds is 9. The molecule has 0 aromatic carbocycles.